The van der Waals surface area contributed by atoms with Crippen LogP contribution in [0.1, 0.15) is 17.5 Å². The van der Waals surface area contributed by atoms with Gasteiger partial charge in [0.1, 0.15) is 11.8 Å². The molecule has 0 fully saturated rings. The zero-order valence-corrected chi connectivity index (χ0v) is 7.99. The highest BCUT2D eigenvalue weighted by Crippen LogP contribution is 2.17. The number of aryl methyl sites for hydroxylation is 2. The van der Waals surface area contributed by atoms with Crippen molar-refractivity contribution < 1.29 is 5.11 Å². The lowest BCUT2D eigenvalue weighted by molar-refractivity contribution is 0.204. The number of aliphatic hydroxyl groups is 1. The summed E-state index contributed by atoms with van der Waals surface area (Å²) in [6.07, 6.45) is 2.41. The Labute approximate surface area is 80.8 Å². The van der Waals surface area contributed by atoms with Gasteiger partial charge in [-0.15, -0.1) is 0 Å². The molecule has 0 spiro atoms. The molecule has 6 nitrogen and oxygen atoms in total. The second-order valence-corrected chi connectivity index (χ2v) is 3.04. The number of hydrogen-bond acceptors (Lipinski definition) is 4. The van der Waals surface area contributed by atoms with Gasteiger partial charge >= 0.3 is 0 Å². The monoisotopic (exact) mass is 193 g/mol. The second-order valence-electron chi connectivity index (χ2n) is 3.04. The van der Waals surface area contributed by atoms with Gasteiger partial charge < -0.3 is 5.11 Å². The van der Waals surface area contributed by atoms with E-state index < -0.39 is 6.10 Å². The molecule has 1 atom stereocenters. The third-order valence-electron chi connectivity index (χ3n) is 2.04. The van der Waals surface area contributed by atoms with Crippen molar-refractivity contribution >= 4 is 0 Å². The Balaban J connectivity index is 2.33. The lowest BCUT2D eigenvalue weighted by Gasteiger charge is -2.06. The molecule has 0 radical (unpaired) electrons. The molecule has 0 aromatic carbocycles. The first-order valence-corrected chi connectivity index (χ1v) is 4.20. The van der Waals surface area contributed by atoms with Crippen LogP contribution in [0.25, 0.3) is 0 Å². The van der Waals surface area contributed by atoms with Crippen LogP contribution >= 0.6 is 0 Å². The summed E-state index contributed by atoms with van der Waals surface area (Å²) in [7, 11) is 3.48. The van der Waals surface area contributed by atoms with Gasteiger partial charge in [0, 0.05) is 20.3 Å². The Bertz CT molecular complexity index is 432. The zero-order chi connectivity index (χ0) is 10.1. The predicted octanol–water partition coefficient (Wildman–Crippen LogP) is -0.370. The summed E-state index contributed by atoms with van der Waals surface area (Å²) in [5, 5.41) is 21.8. The molecule has 0 bridgehead atoms. The first-order valence-electron chi connectivity index (χ1n) is 4.20. The van der Waals surface area contributed by atoms with Crippen molar-refractivity contribution in [1.29, 1.82) is 0 Å². The summed E-state index contributed by atoms with van der Waals surface area (Å²) in [5.74, 6) is 0. The summed E-state index contributed by atoms with van der Waals surface area (Å²) >= 11 is 0. The molecule has 2 aromatic rings. The van der Waals surface area contributed by atoms with E-state index in [4.69, 9.17) is 0 Å². The molecule has 0 aliphatic heterocycles. The first-order chi connectivity index (χ1) is 6.68. The fourth-order valence-corrected chi connectivity index (χ4v) is 1.29. The van der Waals surface area contributed by atoms with Crippen LogP contribution in [0.5, 0.6) is 0 Å². The zero-order valence-electron chi connectivity index (χ0n) is 7.99. The molecule has 14 heavy (non-hydrogen) atoms. The molecule has 0 saturated carbocycles. The van der Waals surface area contributed by atoms with Crippen molar-refractivity contribution in [2.75, 3.05) is 0 Å². The van der Waals surface area contributed by atoms with Gasteiger partial charge in [-0.05, 0) is 6.07 Å². The van der Waals surface area contributed by atoms with Crippen LogP contribution in [-0.2, 0) is 14.1 Å². The highest BCUT2D eigenvalue weighted by molar-refractivity contribution is 5.15. The average molecular weight is 193 g/mol. The van der Waals surface area contributed by atoms with Crippen molar-refractivity contribution in [1.82, 2.24) is 24.8 Å². The van der Waals surface area contributed by atoms with Gasteiger partial charge in [-0.2, -0.15) is 20.1 Å². The van der Waals surface area contributed by atoms with Crippen LogP contribution in [0, 0.1) is 0 Å². The van der Waals surface area contributed by atoms with E-state index in [1.165, 1.54) is 11.0 Å². The highest BCUT2D eigenvalue weighted by Gasteiger charge is 2.16. The summed E-state index contributed by atoms with van der Waals surface area (Å²) in [4.78, 5) is 1.41. The van der Waals surface area contributed by atoms with Crippen LogP contribution in [0.15, 0.2) is 18.5 Å². The molecular formula is C8H11N5O. The number of hydrogen-bond donors (Lipinski definition) is 1. The van der Waals surface area contributed by atoms with E-state index in [9.17, 15) is 5.11 Å². The van der Waals surface area contributed by atoms with Crippen LogP contribution in [0.2, 0.25) is 0 Å². The topological polar surface area (TPSA) is 68.8 Å². The molecular weight excluding hydrogens is 182 g/mol. The number of nitrogens with zero attached hydrogens (tertiary/aromatic N) is 5. The molecule has 6 heteroatoms. The SMILES string of the molecule is Cn1ncc(C(O)c2ccnn2C)n1. The van der Waals surface area contributed by atoms with Gasteiger partial charge in [0.25, 0.3) is 0 Å². The van der Waals surface area contributed by atoms with Crippen LogP contribution in [0.3, 0.4) is 0 Å². The smallest absolute Gasteiger partial charge is 0.141 e. The lowest BCUT2D eigenvalue weighted by Crippen LogP contribution is -2.07. The first kappa shape index (κ1) is 8.89. The molecule has 2 rings (SSSR count). The molecule has 1 N–H and O–H groups in total. The third-order valence-corrected chi connectivity index (χ3v) is 2.04. The van der Waals surface area contributed by atoms with Gasteiger partial charge in [0.2, 0.25) is 0 Å². The van der Waals surface area contributed by atoms with Crippen molar-refractivity contribution in [3.63, 3.8) is 0 Å². The van der Waals surface area contributed by atoms with Gasteiger partial charge in [-0.25, -0.2) is 0 Å². The normalized spacial score (nSPS) is 13.1. The summed E-state index contributed by atoms with van der Waals surface area (Å²) in [5.41, 5.74) is 1.22. The molecule has 0 aliphatic carbocycles. The molecule has 0 aliphatic rings. The van der Waals surface area contributed by atoms with Crippen molar-refractivity contribution in [2.24, 2.45) is 14.1 Å². The van der Waals surface area contributed by atoms with E-state index >= 15 is 0 Å². The summed E-state index contributed by atoms with van der Waals surface area (Å²) < 4.78 is 1.61. The number of aromatic nitrogens is 5. The molecule has 1 unspecified atom stereocenters. The minimum atomic E-state index is -0.767. The third kappa shape index (κ3) is 1.39. The largest absolute Gasteiger partial charge is 0.380 e. The van der Waals surface area contributed by atoms with E-state index in [0.717, 1.165) is 0 Å². The standard InChI is InChI=1S/C8H11N5O/c1-12-7(3-4-9-12)8(14)6-5-10-13(2)11-6/h3-5,8,14H,1-2H3. The maximum absolute atomic E-state index is 9.90. The van der Waals surface area contributed by atoms with Crippen LogP contribution in [-0.4, -0.2) is 29.9 Å². The van der Waals surface area contributed by atoms with E-state index in [1.807, 2.05) is 0 Å². The van der Waals surface area contributed by atoms with Gasteiger partial charge in [0.05, 0.1) is 11.9 Å². The predicted molar refractivity (Wildman–Crippen MR) is 48.3 cm³/mol. The highest BCUT2D eigenvalue weighted by atomic mass is 16.3. The van der Waals surface area contributed by atoms with Crippen molar-refractivity contribution in [2.45, 2.75) is 6.10 Å². The average Bonchev–Trinajstić information content (AvgIpc) is 2.73. The Morgan fingerprint density at radius 1 is 1.36 bits per heavy atom. The van der Waals surface area contributed by atoms with Gasteiger partial charge in [0.15, 0.2) is 0 Å². The Kier molecular flexibility index (Phi) is 2.05. The van der Waals surface area contributed by atoms with E-state index in [-0.39, 0.29) is 0 Å². The fourth-order valence-electron chi connectivity index (χ4n) is 1.29. The minimum Gasteiger partial charge on any atom is -0.380 e. The van der Waals surface area contributed by atoms with Crippen LogP contribution in [0.4, 0.5) is 0 Å². The molecule has 2 aromatic heterocycles. The minimum absolute atomic E-state index is 0.524. The van der Waals surface area contributed by atoms with E-state index in [2.05, 4.69) is 15.3 Å². The van der Waals surface area contributed by atoms with Crippen LogP contribution < -0.4 is 0 Å². The quantitative estimate of drug-likeness (QED) is 0.706. The number of aliphatic hydroxyl groups excluding tert-OH is 1. The fraction of sp³-hybridized carbons (Fsp3) is 0.375. The second kappa shape index (κ2) is 3.22. The Morgan fingerprint density at radius 3 is 2.64 bits per heavy atom. The maximum Gasteiger partial charge on any atom is 0.141 e. The molecule has 0 saturated heterocycles. The summed E-state index contributed by atoms with van der Waals surface area (Å²) in [6.45, 7) is 0. The van der Waals surface area contributed by atoms with E-state index in [1.54, 1.807) is 31.0 Å². The lowest BCUT2D eigenvalue weighted by atomic mass is 10.2. The van der Waals surface area contributed by atoms with Crippen molar-refractivity contribution in [3.8, 4) is 0 Å². The van der Waals surface area contributed by atoms with Crippen molar-refractivity contribution in [3.05, 3.63) is 29.8 Å². The molecule has 0 amide bonds. The Hall–Kier alpha value is -1.69. The number of rotatable bonds is 2. The van der Waals surface area contributed by atoms with E-state index in [0.29, 0.717) is 11.4 Å². The summed E-state index contributed by atoms with van der Waals surface area (Å²) in [6, 6.07) is 1.75. The molecule has 2 heterocycles. The van der Waals surface area contributed by atoms with Gasteiger partial charge in [-0.3, -0.25) is 4.68 Å². The Morgan fingerprint density at radius 2 is 2.14 bits per heavy atom. The maximum atomic E-state index is 9.90. The molecule has 74 valence electrons. The van der Waals surface area contributed by atoms with Gasteiger partial charge in [-0.1, -0.05) is 0 Å².